The van der Waals surface area contributed by atoms with Gasteiger partial charge in [0, 0.05) is 119 Å². The number of methoxy groups -OCH3 is 5. The molecular formula is C97H80Cl3F13N20O15. The Morgan fingerprint density at radius 2 is 0.608 bits per heavy atom. The number of carbonyl (C=O) groups is 6. The fraction of sp³-hybridized carbons (Fsp3) is 0.196. The first-order valence-electron chi connectivity index (χ1n) is 43.3. The number of hydrogen-bond acceptors (Lipinski definition) is 28. The summed E-state index contributed by atoms with van der Waals surface area (Å²) >= 11 is 17.7. The molecule has 0 bridgehead atoms. The second-order valence-corrected chi connectivity index (χ2v) is 32.2. The maximum atomic E-state index is 15.0. The van der Waals surface area contributed by atoms with Crippen molar-refractivity contribution in [2.24, 2.45) is 0 Å². The van der Waals surface area contributed by atoms with Gasteiger partial charge in [-0.1, -0.05) is 59.1 Å². The SMILES string of the molecule is CCOC(=O)c1cc2nc(-c3cc(F)c(F)c(F)c3)cc(N(C)c3c(F)cccc3OC)n2n1.CCOC(=O)c1cc2nc(Cl)cc(Cl)n2n1.CCOC(=O)c1cc2nc(Cl)cc(N(C)c3c(F)cccc3OC)n2n1.COC(=O)C[C@@H](C)N(C)C(=O)c1cc2nc(-c3cc(F)c(F)c(F)c3)cc(N(C)c3c(F)cccc3OC)n2n1.COc1cccc(F)c1N(C)c1cc(-c2cc(F)c(F)c(F)c2)nc2cc(C(=O)O)nn12. The number of anilines is 8. The fourth-order valence-electron chi connectivity index (χ4n) is 14.6. The Hall–Kier alpha value is -17.2. The largest absolute Gasteiger partial charge is 0.494 e. The van der Waals surface area contributed by atoms with Crippen LogP contribution in [0.15, 0.2) is 170 Å². The predicted octanol–water partition coefficient (Wildman–Crippen LogP) is 19.8. The highest BCUT2D eigenvalue weighted by Gasteiger charge is 2.32. The average molecular weight is 2120 g/mol. The summed E-state index contributed by atoms with van der Waals surface area (Å²) in [6, 6.07) is 34.9. The van der Waals surface area contributed by atoms with E-state index in [0.717, 1.165) is 47.0 Å². The lowest BCUT2D eigenvalue weighted by atomic mass is 10.1. The molecule has 10 aromatic heterocycles. The number of rotatable bonds is 26. The van der Waals surface area contributed by atoms with E-state index in [2.05, 4.69) is 55.2 Å². The van der Waals surface area contributed by atoms with E-state index in [1.807, 2.05) is 0 Å². The Morgan fingerprint density at radius 3 is 0.905 bits per heavy atom. The smallest absolute Gasteiger partial charge is 0.358 e. The molecule has 51 heteroatoms. The molecule has 148 heavy (non-hydrogen) atoms. The molecule has 17 rings (SSSR count). The van der Waals surface area contributed by atoms with E-state index in [1.54, 1.807) is 52.9 Å². The van der Waals surface area contributed by atoms with Gasteiger partial charge >= 0.3 is 29.8 Å². The summed E-state index contributed by atoms with van der Waals surface area (Å²) in [6.07, 6.45) is -0.0583. The number of aromatic carboxylic acids is 1. The molecule has 1 atom stereocenters. The number of esters is 4. The molecule has 7 aromatic carbocycles. The number of ether oxygens (including phenoxy) is 8. The van der Waals surface area contributed by atoms with Crippen molar-refractivity contribution in [2.45, 2.75) is 40.2 Å². The maximum Gasteiger partial charge on any atom is 0.358 e. The van der Waals surface area contributed by atoms with Crippen molar-refractivity contribution in [3.8, 4) is 56.8 Å². The molecule has 0 spiro atoms. The highest BCUT2D eigenvalue weighted by atomic mass is 35.5. The first-order valence-corrected chi connectivity index (χ1v) is 44.4. The minimum absolute atomic E-state index is 0.00203. The van der Waals surface area contributed by atoms with Crippen LogP contribution in [0.25, 0.3) is 62.0 Å². The number of carbonyl (C=O) groups excluding carboxylic acids is 5. The molecule has 17 aromatic rings. The Balaban J connectivity index is 0.000000158. The predicted molar refractivity (Wildman–Crippen MR) is 513 cm³/mol. The van der Waals surface area contributed by atoms with Gasteiger partial charge in [-0.2, -0.15) is 43.6 Å². The van der Waals surface area contributed by atoms with Crippen LogP contribution >= 0.6 is 34.8 Å². The van der Waals surface area contributed by atoms with Crippen molar-refractivity contribution in [3.05, 3.63) is 289 Å². The van der Waals surface area contributed by atoms with Gasteiger partial charge in [-0.05, 0) is 113 Å². The van der Waals surface area contributed by atoms with Crippen molar-refractivity contribution in [1.29, 1.82) is 0 Å². The van der Waals surface area contributed by atoms with Crippen LogP contribution in [0.2, 0.25) is 15.5 Å². The summed E-state index contributed by atoms with van der Waals surface area (Å²) < 4.78 is 230. The lowest BCUT2D eigenvalue weighted by Gasteiger charge is -2.24. The lowest BCUT2D eigenvalue weighted by Crippen LogP contribution is -2.37. The van der Waals surface area contributed by atoms with Crippen molar-refractivity contribution in [1.82, 2.24) is 77.9 Å². The van der Waals surface area contributed by atoms with Gasteiger partial charge in [0.25, 0.3) is 5.91 Å². The molecule has 770 valence electrons. The van der Waals surface area contributed by atoms with Gasteiger partial charge in [-0.3, -0.25) is 9.59 Å². The molecule has 0 radical (unpaired) electrons. The quantitative estimate of drug-likeness (QED) is 0.0173. The van der Waals surface area contributed by atoms with E-state index in [9.17, 15) is 86.6 Å². The summed E-state index contributed by atoms with van der Waals surface area (Å²) in [4.78, 5) is 99.8. The second-order valence-electron chi connectivity index (χ2n) is 31.0. The molecule has 0 saturated carbocycles. The van der Waals surface area contributed by atoms with E-state index in [1.165, 1.54) is 215 Å². The zero-order chi connectivity index (χ0) is 108. The van der Waals surface area contributed by atoms with E-state index in [0.29, 0.717) is 22.9 Å². The number of carboxylic acids is 1. The minimum Gasteiger partial charge on any atom is -0.494 e. The van der Waals surface area contributed by atoms with Crippen LogP contribution in [0.5, 0.6) is 23.0 Å². The Bertz CT molecular complexity index is 7940. The van der Waals surface area contributed by atoms with Crippen LogP contribution in [-0.4, -0.2) is 215 Å². The number of fused-ring (bicyclic) bond motifs is 5. The Morgan fingerprint density at radius 1 is 0.345 bits per heavy atom. The maximum absolute atomic E-state index is 15.0. The molecule has 0 aliphatic heterocycles. The molecule has 0 saturated heterocycles. The molecule has 0 aliphatic rings. The van der Waals surface area contributed by atoms with E-state index in [4.69, 9.17) is 68.0 Å². The second kappa shape index (κ2) is 46.3. The molecule has 0 unspecified atom stereocenters. The summed E-state index contributed by atoms with van der Waals surface area (Å²) in [5, 5.41) is 30.7. The highest BCUT2D eigenvalue weighted by Crippen LogP contribution is 2.43. The van der Waals surface area contributed by atoms with Crippen LogP contribution < -0.4 is 38.5 Å². The summed E-state index contributed by atoms with van der Waals surface area (Å²) in [5.74, 6) is -18.3. The molecule has 1 N–H and O–H groups in total. The highest BCUT2D eigenvalue weighted by molar-refractivity contribution is 6.33. The fourth-order valence-corrected chi connectivity index (χ4v) is 15.2. The Kier molecular flexibility index (Phi) is 33.8. The van der Waals surface area contributed by atoms with Gasteiger partial charge in [0.15, 0.2) is 132 Å². The molecule has 35 nitrogen and oxygen atoms in total. The summed E-state index contributed by atoms with van der Waals surface area (Å²) in [7, 11) is 14.4. The van der Waals surface area contributed by atoms with E-state index >= 15 is 4.39 Å². The molecule has 0 aliphatic carbocycles. The Labute approximate surface area is 843 Å². The number of para-hydroxylation sites is 4. The molecule has 1 amide bonds. The van der Waals surface area contributed by atoms with Gasteiger partial charge in [0.05, 0.1) is 78.9 Å². The van der Waals surface area contributed by atoms with Crippen molar-refractivity contribution >= 4 is 145 Å². The van der Waals surface area contributed by atoms with Crippen molar-refractivity contribution in [2.75, 3.05) is 110 Å². The van der Waals surface area contributed by atoms with E-state index in [-0.39, 0.29) is 178 Å². The topological polar surface area (TPSA) is 364 Å². The number of aromatic nitrogens is 15. The summed E-state index contributed by atoms with van der Waals surface area (Å²) in [5.41, 5.74) is 0.558. The molecular weight excluding hydrogens is 2040 g/mol. The van der Waals surface area contributed by atoms with Gasteiger partial charge in [0.1, 0.15) is 84.5 Å². The van der Waals surface area contributed by atoms with Gasteiger partial charge in [-0.15, -0.1) is 0 Å². The first-order chi connectivity index (χ1) is 70.5. The van der Waals surface area contributed by atoms with Crippen LogP contribution in [0, 0.1) is 75.6 Å². The number of nitrogens with zero attached hydrogens (tertiary/aromatic N) is 20. The van der Waals surface area contributed by atoms with Crippen LogP contribution in [0.4, 0.5) is 103 Å². The normalized spacial score (nSPS) is 11.2. The van der Waals surface area contributed by atoms with Crippen molar-refractivity contribution in [3.63, 3.8) is 0 Å². The van der Waals surface area contributed by atoms with Gasteiger partial charge in [-0.25, -0.2) is 106 Å². The number of halogens is 16. The van der Waals surface area contributed by atoms with Crippen LogP contribution in [0.1, 0.15) is 86.6 Å². The monoisotopic (exact) mass is 2120 g/mol. The number of hydrogen-bond donors (Lipinski definition) is 1. The third-order valence-electron chi connectivity index (χ3n) is 21.8. The lowest BCUT2D eigenvalue weighted by molar-refractivity contribution is -0.141. The average Bonchev–Trinajstić information content (AvgIpc) is 1.58. The standard InChI is InChI=1S/C27H25F4N5O4.C23H18F4N4O3.C21H14F4N4O3.C17H16ClFN4O3.C9H7Cl2N3O2/c1-14(9-24(37)40-5)34(2)27(38)20-12-22-32-19(15-10-17(29)25(31)18(30)11-15)13-23(36(22)33-20)35(3)26-16(28)7-6-8-21(26)39-4;1-4-34-23(32)17-10-19-28-16(12-8-14(25)21(27)15(26)9-12)11-20(31(19)29-17)30(2)22-13(24)6-5-7-18(22)33-3;1-28(20-11(22)4-3-5-16(20)32-2)18-9-14(10-6-12(23)19(25)13(24)7-10)26-17-8-15(21(30)31)27-29(17)18;1-4-26-17(24)11-8-14-20-13(18)9-15(23(14)21-11)22(2)16-10(19)6-5-7-12(16)25-3;1-2-16-9(15)5-3-8-12-6(10)4-7(11)14(8)13-5/h6-8,10-14H,9H2,1-5H3;5-11H,4H2,1-3H3;3-9H,1-2H3,(H,30,31);5-9H,4H2,1-3H3;3-4H,2H2,1H3/t14-;;;;/m1..../s1. The minimum atomic E-state index is -1.64. The van der Waals surface area contributed by atoms with Gasteiger partial charge < -0.3 is 67.5 Å². The van der Waals surface area contributed by atoms with Crippen molar-refractivity contribution < 1.29 is 129 Å². The van der Waals surface area contributed by atoms with Crippen LogP contribution in [-0.2, 0) is 23.7 Å². The molecule has 0 fully saturated rings. The number of amides is 1. The number of benzene rings is 7. The molecule has 10 heterocycles. The summed E-state index contributed by atoms with van der Waals surface area (Å²) in [6.45, 7) is 7.32. The zero-order valence-corrected chi connectivity index (χ0v) is 82.0. The van der Waals surface area contributed by atoms with E-state index < -0.39 is 117 Å². The third kappa shape index (κ3) is 23.1. The first kappa shape index (κ1) is 108. The third-order valence-corrected chi connectivity index (χ3v) is 22.4. The van der Waals surface area contributed by atoms with Crippen LogP contribution in [0.3, 0.4) is 0 Å². The zero-order valence-electron chi connectivity index (χ0n) is 79.7. The van der Waals surface area contributed by atoms with Gasteiger partial charge in [0.2, 0.25) is 0 Å². The number of carboxylic acid groups (broad SMARTS) is 1.